The number of nitrogens with zero attached hydrogens (tertiary/aromatic N) is 5. The van der Waals surface area contributed by atoms with E-state index < -0.39 is 0 Å². The molecule has 0 bridgehead atoms. The van der Waals surface area contributed by atoms with Crippen molar-refractivity contribution in [2.75, 3.05) is 31.2 Å². The van der Waals surface area contributed by atoms with Gasteiger partial charge in [0.15, 0.2) is 17.9 Å². The molecule has 7 nitrogen and oxygen atoms in total. The Kier molecular flexibility index (Phi) is 3.99. The van der Waals surface area contributed by atoms with Gasteiger partial charge in [-0.25, -0.2) is 19.9 Å². The monoisotopic (exact) mass is 377 g/mol. The average molecular weight is 377 g/mol. The summed E-state index contributed by atoms with van der Waals surface area (Å²) < 4.78 is 6.45. The first-order valence-electron chi connectivity index (χ1n) is 8.63. The number of rotatable bonds is 3. The molecule has 0 radical (unpaired) electrons. The topological polar surface area (TPSA) is 81.1 Å². The van der Waals surface area contributed by atoms with E-state index in [1.807, 2.05) is 18.2 Å². The lowest BCUT2D eigenvalue weighted by Crippen LogP contribution is -2.36. The van der Waals surface area contributed by atoms with E-state index in [9.17, 15) is 4.79 Å². The van der Waals surface area contributed by atoms with Gasteiger partial charge in [-0.15, -0.1) is 11.3 Å². The number of anilines is 1. The summed E-state index contributed by atoms with van der Waals surface area (Å²) >= 11 is 1.55. The van der Waals surface area contributed by atoms with Crippen LogP contribution in [0.2, 0.25) is 0 Å². The quantitative estimate of drug-likeness (QED) is 0.508. The minimum atomic E-state index is 0.525. The van der Waals surface area contributed by atoms with E-state index in [0.717, 1.165) is 45.8 Å². The van der Waals surface area contributed by atoms with Crippen molar-refractivity contribution in [2.45, 2.75) is 0 Å². The fraction of sp³-hybridized carbons (Fsp3) is 0.211. The van der Waals surface area contributed by atoms with Gasteiger partial charge in [-0.05, 0) is 0 Å². The summed E-state index contributed by atoms with van der Waals surface area (Å²) in [6, 6.07) is 7.36. The maximum absolute atomic E-state index is 11.5. The lowest BCUT2D eigenvalue weighted by Gasteiger charge is -2.28. The molecule has 0 atom stereocenters. The van der Waals surface area contributed by atoms with E-state index in [-0.39, 0.29) is 0 Å². The Morgan fingerprint density at radius 1 is 1.04 bits per heavy atom. The first-order valence-corrected chi connectivity index (χ1v) is 9.45. The molecule has 1 aliphatic heterocycles. The van der Waals surface area contributed by atoms with Crippen LogP contribution in [0.5, 0.6) is 0 Å². The smallest absolute Gasteiger partial charge is 0.163 e. The molecule has 0 spiro atoms. The van der Waals surface area contributed by atoms with Gasteiger partial charge in [0.05, 0.1) is 17.9 Å². The highest BCUT2D eigenvalue weighted by molar-refractivity contribution is 7.25. The highest BCUT2D eigenvalue weighted by Gasteiger charge is 2.22. The molecule has 8 heteroatoms. The molecule has 0 aliphatic carbocycles. The van der Waals surface area contributed by atoms with Crippen molar-refractivity contribution >= 4 is 44.0 Å². The van der Waals surface area contributed by atoms with Crippen LogP contribution in [0, 0.1) is 0 Å². The Morgan fingerprint density at radius 3 is 2.70 bits per heavy atom. The molecule has 1 aromatic carbocycles. The Morgan fingerprint density at radius 2 is 1.85 bits per heavy atom. The first kappa shape index (κ1) is 16.2. The molecule has 3 aromatic heterocycles. The summed E-state index contributed by atoms with van der Waals surface area (Å²) in [4.78, 5) is 33.1. The van der Waals surface area contributed by atoms with E-state index in [4.69, 9.17) is 14.7 Å². The third-order valence-electron chi connectivity index (χ3n) is 4.57. The summed E-state index contributed by atoms with van der Waals surface area (Å²) in [5.41, 5.74) is 2.82. The van der Waals surface area contributed by atoms with Crippen LogP contribution in [0.4, 0.5) is 5.82 Å². The lowest BCUT2D eigenvalue weighted by molar-refractivity contribution is 0.112. The molecule has 0 unspecified atom stereocenters. The third-order valence-corrected chi connectivity index (χ3v) is 5.65. The van der Waals surface area contributed by atoms with Crippen molar-refractivity contribution in [3.8, 4) is 11.4 Å². The molecule has 134 valence electrons. The molecular weight excluding hydrogens is 362 g/mol. The number of ether oxygens (including phenoxy) is 1. The van der Waals surface area contributed by atoms with Crippen molar-refractivity contribution in [2.24, 2.45) is 0 Å². The molecule has 0 amide bonds. The largest absolute Gasteiger partial charge is 0.378 e. The summed E-state index contributed by atoms with van der Waals surface area (Å²) in [5.74, 6) is 1.38. The Balaban J connectivity index is 1.81. The van der Waals surface area contributed by atoms with E-state index in [2.05, 4.69) is 14.9 Å². The number of aromatic nitrogens is 4. The van der Waals surface area contributed by atoms with Crippen molar-refractivity contribution in [1.29, 1.82) is 0 Å². The van der Waals surface area contributed by atoms with Gasteiger partial charge in [0.1, 0.15) is 15.9 Å². The molecule has 4 heterocycles. The highest BCUT2D eigenvalue weighted by Crippen LogP contribution is 2.37. The molecule has 0 saturated carbocycles. The van der Waals surface area contributed by atoms with Gasteiger partial charge in [-0.1, -0.05) is 24.3 Å². The zero-order valence-corrected chi connectivity index (χ0v) is 15.1. The van der Waals surface area contributed by atoms with Gasteiger partial charge in [0, 0.05) is 36.6 Å². The van der Waals surface area contributed by atoms with Crippen LogP contribution >= 0.6 is 11.3 Å². The Labute approximate surface area is 158 Å². The molecule has 4 aromatic rings. The predicted octanol–water partition coefficient (Wildman–Crippen LogP) is 2.95. The number of hydrogen-bond acceptors (Lipinski definition) is 8. The van der Waals surface area contributed by atoms with Crippen LogP contribution in [-0.4, -0.2) is 52.5 Å². The van der Waals surface area contributed by atoms with Gasteiger partial charge in [-0.3, -0.25) is 4.79 Å². The number of carbonyl (C=O) groups is 1. The number of morpholine rings is 1. The normalized spacial score (nSPS) is 14.7. The number of aldehydes is 1. The van der Waals surface area contributed by atoms with Crippen LogP contribution < -0.4 is 4.90 Å². The average Bonchev–Trinajstić information content (AvgIpc) is 3.12. The third kappa shape index (κ3) is 2.73. The summed E-state index contributed by atoms with van der Waals surface area (Å²) in [6.45, 7) is 2.84. The molecule has 1 saturated heterocycles. The van der Waals surface area contributed by atoms with E-state index in [0.29, 0.717) is 30.2 Å². The van der Waals surface area contributed by atoms with E-state index >= 15 is 0 Å². The standard InChI is InChI=1S/C19H15N5O2S/c25-11-12-3-1-2-4-13(12)17-22-14-15-19(21-6-5-20-15)27-16(14)18(23-17)24-7-9-26-10-8-24/h1-6,11H,7-10H2. The van der Waals surface area contributed by atoms with E-state index in [1.165, 1.54) is 0 Å². The van der Waals surface area contributed by atoms with Crippen LogP contribution in [0.3, 0.4) is 0 Å². The zero-order valence-electron chi connectivity index (χ0n) is 14.3. The number of thiophene rings is 1. The van der Waals surface area contributed by atoms with Gasteiger partial charge < -0.3 is 9.64 Å². The number of fused-ring (bicyclic) bond motifs is 3. The minimum absolute atomic E-state index is 0.525. The molecule has 1 aliphatic rings. The zero-order chi connectivity index (χ0) is 18.2. The van der Waals surface area contributed by atoms with Crippen LogP contribution in [0.1, 0.15) is 10.4 Å². The predicted molar refractivity (Wildman–Crippen MR) is 104 cm³/mol. The molecule has 5 rings (SSSR count). The molecule has 1 fully saturated rings. The van der Waals surface area contributed by atoms with Crippen LogP contribution in [0.25, 0.3) is 32.0 Å². The van der Waals surface area contributed by atoms with Crippen LogP contribution in [-0.2, 0) is 4.74 Å². The maximum Gasteiger partial charge on any atom is 0.163 e. The van der Waals surface area contributed by atoms with Crippen molar-refractivity contribution < 1.29 is 9.53 Å². The Hall–Kier alpha value is -2.97. The number of hydrogen-bond donors (Lipinski definition) is 0. The summed E-state index contributed by atoms with van der Waals surface area (Å²) in [5, 5.41) is 0. The minimum Gasteiger partial charge on any atom is -0.378 e. The van der Waals surface area contributed by atoms with Gasteiger partial charge in [-0.2, -0.15) is 0 Å². The highest BCUT2D eigenvalue weighted by atomic mass is 32.1. The number of carbonyl (C=O) groups excluding carboxylic acids is 1. The van der Waals surface area contributed by atoms with Crippen molar-refractivity contribution in [3.05, 3.63) is 42.2 Å². The summed E-state index contributed by atoms with van der Waals surface area (Å²) in [7, 11) is 0. The van der Waals surface area contributed by atoms with Gasteiger partial charge in [0.25, 0.3) is 0 Å². The SMILES string of the molecule is O=Cc1ccccc1-c1nc(N2CCOCC2)c2sc3nccnc3c2n1. The molecule has 0 N–H and O–H groups in total. The number of benzene rings is 1. The second-order valence-corrected chi connectivity index (χ2v) is 7.16. The fourth-order valence-corrected chi connectivity index (χ4v) is 4.32. The molecule has 27 heavy (non-hydrogen) atoms. The van der Waals surface area contributed by atoms with Gasteiger partial charge >= 0.3 is 0 Å². The maximum atomic E-state index is 11.5. The first-order chi connectivity index (χ1) is 13.3. The van der Waals surface area contributed by atoms with Crippen molar-refractivity contribution in [1.82, 2.24) is 19.9 Å². The fourth-order valence-electron chi connectivity index (χ4n) is 3.27. The second kappa shape index (κ2) is 6.64. The molecular formula is C19H15N5O2S. The Bertz CT molecular complexity index is 1150. The summed E-state index contributed by atoms with van der Waals surface area (Å²) in [6.07, 6.45) is 4.19. The van der Waals surface area contributed by atoms with E-state index in [1.54, 1.807) is 29.8 Å². The van der Waals surface area contributed by atoms with Crippen LogP contribution in [0.15, 0.2) is 36.7 Å². The second-order valence-electron chi connectivity index (χ2n) is 6.17. The lowest BCUT2D eigenvalue weighted by atomic mass is 10.1. The van der Waals surface area contributed by atoms with Crippen molar-refractivity contribution in [3.63, 3.8) is 0 Å². The van der Waals surface area contributed by atoms with Gasteiger partial charge in [0.2, 0.25) is 0 Å².